The Bertz CT molecular complexity index is 831. The second-order valence-electron chi connectivity index (χ2n) is 6.54. The standard InChI is InChI=1S/C18H18BrN3O2/c19-14-4-6-15(7-5-14)20-18(24)21-9-12-8-13(11-21)16-2-1-3-17(23)22(16)10-12/h1-7,12-13H,8-11H2,(H,20,24)/t12-,13+/m0/s1. The van der Waals surface area contributed by atoms with Crippen molar-refractivity contribution in [2.45, 2.75) is 18.9 Å². The predicted molar refractivity (Wildman–Crippen MR) is 96.3 cm³/mol. The minimum absolute atomic E-state index is 0.0648. The van der Waals surface area contributed by atoms with Gasteiger partial charge in [0.25, 0.3) is 5.56 Å². The van der Waals surface area contributed by atoms with E-state index in [9.17, 15) is 9.59 Å². The average Bonchev–Trinajstić information content (AvgIpc) is 2.58. The second-order valence-corrected chi connectivity index (χ2v) is 7.46. The van der Waals surface area contributed by atoms with Gasteiger partial charge in [-0.05, 0) is 42.7 Å². The molecule has 124 valence electrons. The Kier molecular flexibility index (Phi) is 3.92. The van der Waals surface area contributed by atoms with Crippen molar-refractivity contribution < 1.29 is 4.79 Å². The smallest absolute Gasteiger partial charge is 0.321 e. The average molecular weight is 388 g/mol. The number of likely N-dealkylation sites (tertiary alicyclic amines) is 1. The summed E-state index contributed by atoms with van der Waals surface area (Å²) in [4.78, 5) is 26.5. The highest BCUT2D eigenvalue weighted by molar-refractivity contribution is 9.10. The maximum Gasteiger partial charge on any atom is 0.321 e. The molecule has 0 saturated carbocycles. The lowest BCUT2D eigenvalue weighted by atomic mass is 9.83. The molecule has 4 rings (SSSR count). The van der Waals surface area contributed by atoms with E-state index in [0.717, 1.165) is 22.3 Å². The SMILES string of the molecule is O=C(Nc1ccc(Br)cc1)N1C[C@@H]2C[C@H](C1)c1cccc(=O)n1C2. The number of pyridine rings is 1. The molecule has 1 aromatic carbocycles. The van der Waals surface area contributed by atoms with Crippen LogP contribution >= 0.6 is 15.9 Å². The van der Waals surface area contributed by atoms with Gasteiger partial charge in [-0.1, -0.05) is 22.0 Å². The van der Waals surface area contributed by atoms with Crippen LogP contribution in [-0.2, 0) is 6.54 Å². The monoisotopic (exact) mass is 387 g/mol. The number of rotatable bonds is 1. The van der Waals surface area contributed by atoms with Gasteiger partial charge in [-0.15, -0.1) is 0 Å². The van der Waals surface area contributed by atoms with Crippen LogP contribution in [0.15, 0.2) is 51.7 Å². The minimum Gasteiger partial charge on any atom is -0.324 e. The van der Waals surface area contributed by atoms with Crippen molar-refractivity contribution in [2.24, 2.45) is 5.92 Å². The van der Waals surface area contributed by atoms with Crippen molar-refractivity contribution in [3.05, 3.63) is 63.0 Å². The first-order valence-corrected chi connectivity index (χ1v) is 8.91. The molecule has 1 fully saturated rings. The van der Waals surface area contributed by atoms with Gasteiger partial charge >= 0.3 is 6.03 Å². The van der Waals surface area contributed by atoms with Crippen molar-refractivity contribution in [1.82, 2.24) is 9.47 Å². The molecule has 1 N–H and O–H groups in total. The Labute approximate surface area is 148 Å². The molecule has 2 bridgehead atoms. The van der Waals surface area contributed by atoms with E-state index in [4.69, 9.17) is 0 Å². The number of amides is 2. The molecule has 5 nitrogen and oxygen atoms in total. The van der Waals surface area contributed by atoms with Crippen molar-refractivity contribution in [3.63, 3.8) is 0 Å². The van der Waals surface area contributed by atoms with E-state index in [2.05, 4.69) is 21.2 Å². The number of benzene rings is 1. The van der Waals surface area contributed by atoms with Crippen LogP contribution in [0.1, 0.15) is 18.0 Å². The van der Waals surface area contributed by atoms with Gasteiger partial charge in [-0.25, -0.2) is 4.79 Å². The molecule has 2 atom stereocenters. The molecule has 1 saturated heterocycles. The first-order valence-electron chi connectivity index (χ1n) is 8.11. The van der Waals surface area contributed by atoms with Gasteiger partial charge in [-0.2, -0.15) is 0 Å². The van der Waals surface area contributed by atoms with Crippen molar-refractivity contribution >= 4 is 27.6 Å². The summed E-state index contributed by atoms with van der Waals surface area (Å²) < 4.78 is 2.86. The predicted octanol–water partition coefficient (Wildman–Crippen LogP) is 3.26. The Morgan fingerprint density at radius 2 is 1.88 bits per heavy atom. The summed E-state index contributed by atoms with van der Waals surface area (Å²) in [5, 5.41) is 2.96. The summed E-state index contributed by atoms with van der Waals surface area (Å²) in [5.41, 5.74) is 1.91. The molecular weight excluding hydrogens is 370 g/mol. The molecule has 0 aliphatic carbocycles. The topological polar surface area (TPSA) is 54.3 Å². The fraction of sp³-hybridized carbons (Fsp3) is 0.333. The molecule has 1 aromatic heterocycles. The number of hydrogen-bond acceptors (Lipinski definition) is 2. The van der Waals surface area contributed by atoms with Crippen molar-refractivity contribution in [1.29, 1.82) is 0 Å². The number of hydrogen-bond donors (Lipinski definition) is 1. The van der Waals surface area contributed by atoms with Gasteiger partial charge in [0.2, 0.25) is 0 Å². The number of urea groups is 1. The third-order valence-electron chi connectivity index (χ3n) is 4.86. The highest BCUT2D eigenvalue weighted by Gasteiger charge is 2.36. The van der Waals surface area contributed by atoms with E-state index in [-0.39, 0.29) is 17.5 Å². The van der Waals surface area contributed by atoms with E-state index in [0.29, 0.717) is 25.6 Å². The molecule has 3 heterocycles. The van der Waals surface area contributed by atoms with Crippen molar-refractivity contribution in [3.8, 4) is 0 Å². The van der Waals surface area contributed by atoms with Gasteiger partial charge in [0.1, 0.15) is 0 Å². The Balaban J connectivity index is 1.52. The third-order valence-corrected chi connectivity index (χ3v) is 5.39. The molecule has 0 spiro atoms. The number of halogens is 1. The van der Waals surface area contributed by atoms with Crippen LogP contribution in [0, 0.1) is 5.92 Å². The van der Waals surface area contributed by atoms with Crippen LogP contribution in [0.4, 0.5) is 10.5 Å². The Morgan fingerprint density at radius 1 is 1.08 bits per heavy atom. The molecular formula is C18H18BrN3O2. The fourth-order valence-corrected chi connectivity index (χ4v) is 4.06. The van der Waals surface area contributed by atoms with E-state index in [1.165, 1.54) is 0 Å². The lowest BCUT2D eigenvalue weighted by Crippen LogP contribution is -2.50. The number of aromatic nitrogens is 1. The molecule has 2 amide bonds. The molecule has 2 aliphatic rings. The summed E-state index contributed by atoms with van der Waals surface area (Å²) >= 11 is 3.39. The van der Waals surface area contributed by atoms with E-state index >= 15 is 0 Å². The number of nitrogens with zero attached hydrogens (tertiary/aromatic N) is 2. The Hall–Kier alpha value is -2.08. The number of carbonyl (C=O) groups excluding carboxylic acids is 1. The zero-order valence-electron chi connectivity index (χ0n) is 13.1. The third kappa shape index (κ3) is 2.86. The highest BCUT2D eigenvalue weighted by atomic mass is 79.9. The number of piperidine rings is 1. The molecule has 24 heavy (non-hydrogen) atoms. The number of fused-ring (bicyclic) bond motifs is 4. The number of anilines is 1. The van der Waals surface area contributed by atoms with Crippen LogP contribution in [0.3, 0.4) is 0 Å². The van der Waals surface area contributed by atoms with Crippen LogP contribution in [-0.4, -0.2) is 28.6 Å². The van der Waals surface area contributed by atoms with Crippen molar-refractivity contribution in [2.75, 3.05) is 18.4 Å². The van der Waals surface area contributed by atoms with E-state index in [1.807, 2.05) is 45.9 Å². The van der Waals surface area contributed by atoms with Gasteiger partial charge < -0.3 is 14.8 Å². The first kappa shape index (κ1) is 15.4. The van der Waals surface area contributed by atoms with Gasteiger partial charge in [-0.3, -0.25) is 4.79 Å². The molecule has 0 radical (unpaired) electrons. The second kappa shape index (κ2) is 6.09. The summed E-state index contributed by atoms with van der Waals surface area (Å²) in [6.45, 7) is 2.05. The van der Waals surface area contributed by atoms with Gasteiger partial charge in [0.05, 0.1) is 0 Å². The van der Waals surface area contributed by atoms with E-state index < -0.39 is 0 Å². The summed E-state index contributed by atoms with van der Waals surface area (Å²) in [6.07, 6.45) is 1.05. The van der Waals surface area contributed by atoms with Crippen LogP contribution in [0.2, 0.25) is 0 Å². The van der Waals surface area contributed by atoms with Crippen LogP contribution < -0.4 is 10.9 Å². The Morgan fingerprint density at radius 3 is 2.67 bits per heavy atom. The quantitative estimate of drug-likeness (QED) is 0.816. The normalized spacial score (nSPS) is 22.0. The molecule has 6 heteroatoms. The summed E-state index contributed by atoms with van der Waals surface area (Å²) in [5.74, 6) is 0.578. The number of carbonyl (C=O) groups is 1. The maximum absolute atomic E-state index is 12.6. The maximum atomic E-state index is 12.6. The lowest BCUT2D eigenvalue weighted by Gasteiger charge is -2.42. The van der Waals surface area contributed by atoms with Gasteiger partial charge in [0.15, 0.2) is 0 Å². The van der Waals surface area contributed by atoms with Crippen LogP contribution in [0.25, 0.3) is 0 Å². The minimum atomic E-state index is -0.0706. The zero-order valence-corrected chi connectivity index (χ0v) is 14.7. The highest BCUT2D eigenvalue weighted by Crippen LogP contribution is 2.35. The van der Waals surface area contributed by atoms with Crippen LogP contribution in [0.5, 0.6) is 0 Å². The van der Waals surface area contributed by atoms with Gasteiger partial charge in [0, 0.05) is 47.5 Å². The largest absolute Gasteiger partial charge is 0.324 e. The fourth-order valence-electron chi connectivity index (χ4n) is 3.80. The summed E-state index contributed by atoms with van der Waals surface area (Å²) in [7, 11) is 0. The zero-order chi connectivity index (χ0) is 16.7. The first-order chi connectivity index (χ1) is 11.6. The summed E-state index contributed by atoms with van der Waals surface area (Å²) in [6, 6.07) is 12.9. The molecule has 2 aromatic rings. The van der Waals surface area contributed by atoms with E-state index in [1.54, 1.807) is 6.07 Å². The number of nitrogens with one attached hydrogen (secondary N) is 1. The molecule has 0 unspecified atom stereocenters. The molecule has 2 aliphatic heterocycles. The lowest BCUT2D eigenvalue weighted by molar-refractivity contribution is 0.139.